The van der Waals surface area contributed by atoms with Gasteiger partial charge in [0.1, 0.15) is 5.82 Å². The molecule has 0 spiro atoms. The molecule has 0 saturated carbocycles. The minimum Gasteiger partial charge on any atom is -0.478 e. The molecular weight excluding hydrogens is 251 g/mol. The van der Waals surface area contributed by atoms with Gasteiger partial charge in [0.15, 0.2) is 0 Å². The normalized spacial score (nSPS) is 11.5. The van der Waals surface area contributed by atoms with Gasteiger partial charge in [-0.3, -0.25) is 0 Å². The molecule has 0 amide bonds. The van der Waals surface area contributed by atoms with Gasteiger partial charge in [0.2, 0.25) is 0 Å². The van der Waals surface area contributed by atoms with E-state index in [2.05, 4.69) is 15.9 Å². The van der Waals surface area contributed by atoms with Crippen LogP contribution >= 0.6 is 15.9 Å². The monoisotopic (exact) mass is 258 g/mol. The third-order valence-electron chi connectivity index (χ3n) is 1.71. The molecule has 14 heavy (non-hydrogen) atoms. The summed E-state index contributed by atoms with van der Waals surface area (Å²) >= 11 is 3.03. The molecule has 0 radical (unpaired) electrons. The molecule has 0 saturated heterocycles. The number of aliphatic carboxylic acids is 1. The fraction of sp³-hybridized carbons (Fsp3) is 0.100. The second kappa shape index (κ2) is 4.37. The Morgan fingerprint density at radius 3 is 2.71 bits per heavy atom. The lowest BCUT2D eigenvalue weighted by Crippen LogP contribution is -1.90. The van der Waals surface area contributed by atoms with Crippen molar-refractivity contribution in [3.63, 3.8) is 0 Å². The van der Waals surface area contributed by atoms with Gasteiger partial charge in [-0.15, -0.1) is 0 Å². The number of carboxylic acid groups (broad SMARTS) is 1. The minimum atomic E-state index is -1.01. The van der Waals surface area contributed by atoms with Gasteiger partial charge in [-0.1, -0.05) is 6.07 Å². The Kier molecular flexibility index (Phi) is 3.41. The van der Waals surface area contributed by atoms with E-state index in [-0.39, 0.29) is 5.82 Å². The summed E-state index contributed by atoms with van der Waals surface area (Å²) in [6, 6.07) is 4.37. The summed E-state index contributed by atoms with van der Waals surface area (Å²) in [5, 5.41) is 8.51. The first-order valence-electron chi connectivity index (χ1n) is 3.87. The third kappa shape index (κ3) is 2.67. The zero-order valence-electron chi connectivity index (χ0n) is 7.42. The van der Waals surface area contributed by atoms with Crippen LogP contribution in [-0.4, -0.2) is 11.1 Å². The highest BCUT2D eigenvalue weighted by Crippen LogP contribution is 2.21. The molecule has 1 N–H and O–H groups in total. The molecule has 0 unspecified atom stereocenters. The Morgan fingerprint density at radius 1 is 1.57 bits per heavy atom. The van der Waals surface area contributed by atoms with E-state index in [1.54, 1.807) is 13.0 Å². The summed E-state index contributed by atoms with van der Waals surface area (Å²) in [5.74, 6) is -1.38. The second-order valence-corrected chi connectivity index (χ2v) is 3.65. The molecule has 4 heteroatoms. The maximum atomic E-state index is 12.8. The minimum absolute atomic E-state index is 0.327. The van der Waals surface area contributed by atoms with Crippen LogP contribution in [-0.2, 0) is 4.79 Å². The zero-order chi connectivity index (χ0) is 10.7. The zero-order valence-corrected chi connectivity index (χ0v) is 9.01. The second-order valence-electron chi connectivity index (χ2n) is 2.79. The Bertz CT molecular complexity index is 399. The van der Waals surface area contributed by atoms with Crippen molar-refractivity contribution in [3.8, 4) is 0 Å². The van der Waals surface area contributed by atoms with Crippen molar-refractivity contribution in [2.24, 2.45) is 0 Å². The number of halogens is 2. The van der Waals surface area contributed by atoms with Crippen LogP contribution in [0.4, 0.5) is 4.39 Å². The maximum Gasteiger partial charge on any atom is 0.328 e. The Morgan fingerprint density at radius 2 is 2.21 bits per heavy atom. The highest BCUT2D eigenvalue weighted by molar-refractivity contribution is 9.10. The van der Waals surface area contributed by atoms with Crippen LogP contribution in [0.5, 0.6) is 0 Å². The lowest BCUT2D eigenvalue weighted by Gasteiger charge is -2.01. The molecule has 1 rings (SSSR count). The van der Waals surface area contributed by atoms with Crippen molar-refractivity contribution in [1.29, 1.82) is 0 Å². The van der Waals surface area contributed by atoms with E-state index in [4.69, 9.17) is 5.11 Å². The number of carbonyl (C=O) groups is 1. The molecule has 1 aromatic rings. The van der Waals surface area contributed by atoms with Crippen LogP contribution < -0.4 is 0 Å². The SMILES string of the molecule is C/C(=C/C(=O)O)c1ccc(F)c(Br)c1. The van der Waals surface area contributed by atoms with E-state index in [0.29, 0.717) is 15.6 Å². The molecule has 0 aliphatic rings. The smallest absolute Gasteiger partial charge is 0.328 e. The van der Waals surface area contributed by atoms with Crippen LogP contribution in [0.25, 0.3) is 5.57 Å². The summed E-state index contributed by atoms with van der Waals surface area (Å²) in [4.78, 5) is 10.4. The first kappa shape index (κ1) is 10.9. The number of carboxylic acids is 1. The Balaban J connectivity index is 3.09. The van der Waals surface area contributed by atoms with Crippen molar-refractivity contribution in [2.45, 2.75) is 6.92 Å². The van der Waals surface area contributed by atoms with Gasteiger partial charge in [0, 0.05) is 6.08 Å². The molecule has 0 fully saturated rings. The molecular formula is C10H8BrFO2. The Labute approximate surface area is 89.2 Å². The summed E-state index contributed by atoms with van der Waals surface area (Å²) < 4.78 is 13.2. The van der Waals surface area contributed by atoms with Crippen molar-refractivity contribution < 1.29 is 14.3 Å². The fourth-order valence-corrected chi connectivity index (χ4v) is 1.39. The number of allylic oxidation sites excluding steroid dienone is 1. The topological polar surface area (TPSA) is 37.3 Å². The van der Waals surface area contributed by atoms with Crippen LogP contribution in [0.1, 0.15) is 12.5 Å². The van der Waals surface area contributed by atoms with E-state index in [1.807, 2.05) is 0 Å². The molecule has 0 bridgehead atoms. The molecule has 2 nitrogen and oxygen atoms in total. The first-order chi connectivity index (χ1) is 6.50. The summed E-state index contributed by atoms with van der Waals surface area (Å²) in [6.45, 7) is 1.66. The fourth-order valence-electron chi connectivity index (χ4n) is 1.01. The molecule has 74 valence electrons. The highest BCUT2D eigenvalue weighted by Gasteiger charge is 2.02. The number of hydrogen-bond donors (Lipinski definition) is 1. The average Bonchev–Trinajstić information content (AvgIpc) is 2.08. The lowest BCUT2D eigenvalue weighted by atomic mass is 10.1. The van der Waals surface area contributed by atoms with Crippen LogP contribution in [0.2, 0.25) is 0 Å². The Hall–Kier alpha value is -1.16. The molecule has 0 aliphatic carbocycles. The van der Waals surface area contributed by atoms with E-state index in [9.17, 15) is 9.18 Å². The van der Waals surface area contributed by atoms with Crippen LogP contribution in [0.15, 0.2) is 28.7 Å². The van der Waals surface area contributed by atoms with E-state index in [1.165, 1.54) is 12.1 Å². The van der Waals surface area contributed by atoms with Crippen molar-refractivity contribution in [3.05, 3.63) is 40.1 Å². The van der Waals surface area contributed by atoms with Gasteiger partial charge in [-0.25, -0.2) is 9.18 Å². The quantitative estimate of drug-likeness (QED) is 0.828. The van der Waals surface area contributed by atoms with Gasteiger partial charge in [-0.05, 0) is 46.1 Å². The number of rotatable bonds is 2. The maximum absolute atomic E-state index is 12.8. The van der Waals surface area contributed by atoms with Gasteiger partial charge in [-0.2, -0.15) is 0 Å². The average molecular weight is 259 g/mol. The van der Waals surface area contributed by atoms with Gasteiger partial charge in [0.05, 0.1) is 4.47 Å². The van der Waals surface area contributed by atoms with Gasteiger partial charge < -0.3 is 5.11 Å². The third-order valence-corrected chi connectivity index (χ3v) is 2.32. The highest BCUT2D eigenvalue weighted by atomic mass is 79.9. The molecule has 0 aliphatic heterocycles. The molecule has 0 aromatic heterocycles. The summed E-state index contributed by atoms with van der Waals surface area (Å²) in [7, 11) is 0. The van der Waals surface area contributed by atoms with E-state index in [0.717, 1.165) is 6.08 Å². The largest absolute Gasteiger partial charge is 0.478 e. The number of benzene rings is 1. The van der Waals surface area contributed by atoms with Crippen molar-refractivity contribution >= 4 is 27.5 Å². The summed E-state index contributed by atoms with van der Waals surface area (Å²) in [5.41, 5.74) is 1.26. The predicted molar refractivity (Wildman–Crippen MR) is 55.4 cm³/mol. The van der Waals surface area contributed by atoms with Crippen LogP contribution in [0, 0.1) is 5.82 Å². The van der Waals surface area contributed by atoms with Crippen molar-refractivity contribution in [1.82, 2.24) is 0 Å². The summed E-state index contributed by atoms with van der Waals surface area (Å²) in [6.07, 6.45) is 1.08. The van der Waals surface area contributed by atoms with Crippen LogP contribution in [0.3, 0.4) is 0 Å². The molecule has 0 atom stereocenters. The van der Waals surface area contributed by atoms with E-state index >= 15 is 0 Å². The van der Waals surface area contributed by atoms with E-state index < -0.39 is 5.97 Å². The molecule has 0 heterocycles. The lowest BCUT2D eigenvalue weighted by molar-refractivity contribution is -0.131. The van der Waals surface area contributed by atoms with Crippen molar-refractivity contribution in [2.75, 3.05) is 0 Å². The van der Waals surface area contributed by atoms with Gasteiger partial charge in [0.25, 0.3) is 0 Å². The van der Waals surface area contributed by atoms with Gasteiger partial charge >= 0.3 is 5.97 Å². The standard InChI is InChI=1S/C10H8BrFO2/c1-6(4-10(13)14)7-2-3-9(12)8(11)5-7/h2-5H,1H3,(H,13,14)/b6-4-. The predicted octanol–water partition coefficient (Wildman–Crippen LogP) is 3.08. The molecule has 1 aromatic carbocycles. The first-order valence-corrected chi connectivity index (χ1v) is 4.66. The number of hydrogen-bond acceptors (Lipinski definition) is 1.